The van der Waals surface area contributed by atoms with E-state index in [1.165, 1.54) is 0 Å². The van der Waals surface area contributed by atoms with Gasteiger partial charge in [0.25, 0.3) is 0 Å². The van der Waals surface area contributed by atoms with Gasteiger partial charge in [0.05, 0.1) is 6.61 Å². The highest BCUT2D eigenvalue weighted by molar-refractivity contribution is 5.89. The zero-order valence-electron chi connectivity index (χ0n) is 7.44. The van der Waals surface area contributed by atoms with Crippen molar-refractivity contribution in [2.75, 3.05) is 6.61 Å². The van der Waals surface area contributed by atoms with Gasteiger partial charge >= 0.3 is 5.97 Å². The van der Waals surface area contributed by atoms with Gasteiger partial charge < -0.3 is 4.74 Å². The lowest BCUT2D eigenvalue weighted by Gasteiger charge is -1.89. The van der Waals surface area contributed by atoms with E-state index in [0.717, 1.165) is 12.8 Å². The van der Waals surface area contributed by atoms with Gasteiger partial charge in [0.15, 0.2) is 0 Å². The number of rotatable bonds is 2. The van der Waals surface area contributed by atoms with Crippen LogP contribution in [-0.2, 0) is 9.53 Å². The summed E-state index contributed by atoms with van der Waals surface area (Å²) >= 11 is 0. The quantitative estimate of drug-likeness (QED) is 0.350. The molecular weight excluding hydrogens is 152 g/mol. The third-order valence-electron chi connectivity index (χ3n) is 0.966. The van der Waals surface area contributed by atoms with Crippen LogP contribution in [-0.4, -0.2) is 12.6 Å². The summed E-state index contributed by atoms with van der Waals surface area (Å²) < 4.78 is 4.57. The Morgan fingerprint density at radius 2 is 2.08 bits per heavy atom. The molecule has 0 unspecified atom stereocenters. The molecule has 0 rings (SSSR count). The predicted octanol–water partition coefficient (Wildman–Crippen LogP) is 1.36. The number of ether oxygens (including phenoxy) is 1. The standard InChI is InChI=1S/C10H12O2/c1-3-5-6-7-8-9-10(11)12-4-2/h3-5H2,1-2H3. The topological polar surface area (TPSA) is 26.3 Å². The molecule has 64 valence electrons. The number of carbonyl (C=O) groups is 1. The van der Waals surface area contributed by atoms with Gasteiger partial charge in [-0.15, -0.1) is 0 Å². The van der Waals surface area contributed by atoms with Gasteiger partial charge in [-0.05, 0) is 25.2 Å². The summed E-state index contributed by atoms with van der Waals surface area (Å²) in [6.45, 7) is 4.13. The predicted molar refractivity (Wildman–Crippen MR) is 47.1 cm³/mol. The van der Waals surface area contributed by atoms with Crippen molar-refractivity contribution in [1.29, 1.82) is 0 Å². The Morgan fingerprint density at radius 3 is 2.67 bits per heavy atom. The van der Waals surface area contributed by atoms with Crippen molar-refractivity contribution in [2.24, 2.45) is 0 Å². The Bertz CT molecular complexity index is 244. The molecule has 2 nitrogen and oxygen atoms in total. The highest BCUT2D eigenvalue weighted by Crippen LogP contribution is 1.80. The van der Waals surface area contributed by atoms with Gasteiger partial charge in [0.2, 0.25) is 0 Å². The molecule has 0 fully saturated rings. The molecule has 0 saturated carbocycles. The van der Waals surface area contributed by atoms with Gasteiger partial charge in [-0.2, -0.15) is 0 Å². The van der Waals surface area contributed by atoms with Crippen LogP contribution in [0.4, 0.5) is 0 Å². The molecule has 0 heterocycles. The summed E-state index contributed by atoms with van der Waals surface area (Å²) in [7, 11) is 0. The van der Waals surface area contributed by atoms with Gasteiger partial charge in [-0.25, -0.2) is 4.79 Å². The van der Waals surface area contributed by atoms with Crippen molar-refractivity contribution in [3.05, 3.63) is 0 Å². The molecule has 0 spiro atoms. The zero-order valence-corrected chi connectivity index (χ0v) is 7.44. The van der Waals surface area contributed by atoms with Gasteiger partial charge in [-0.3, -0.25) is 0 Å². The first-order chi connectivity index (χ1) is 5.81. The summed E-state index contributed by atoms with van der Waals surface area (Å²) in [4.78, 5) is 10.6. The molecule has 0 radical (unpaired) electrons. The zero-order chi connectivity index (χ0) is 9.23. The molecule has 0 N–H and O–H groups in total. The van der Waals surface area contributed by atoms with E-state index in [9.17, 15) is 4.79 Å². The fourth-order valence-electron chi connectivity index (χ4n) is 0.481. The normalized spacial score (nSPS) is 7.17. The Balaban J connectivity index is 3.74. The van der Waals surface area contributed by atoms with Crippen LogP contribution in [0.1, 0.15) is 26.7 Å². The lowest BCUT2D eigenvalue weighted by atomic mass is 10.3. The molecule has 0 aliphatic heterocycles. The van der Waals surface area contributed by atoms with Crippen LogP contribution in [0.2, 0.25) is 0 Å². The maximum Gasteiger partial charge on any atom is 0.385 e. The van der Waals surface area contributed by atoms with E-state index < -0.39 is 5.97 Å². The average Bonchev–Trinajstić information content (AvgIpc) is 2.05. The minimum Gasteiger partial charge on any atom is -0.456 e. The van der Waals surface area contributed by atoms with Crippen LogP contribution in [0.25, 0.3) is 0 Å². The number of hydrogen-bond donors (Lipinski definition) is 0. The van der Waals surface area contributed by atoms with Crippen molar-refractivity contribution in [1.82, 2.24) is 0 Å². The minimum absolute atomic E-state index is 0.357. The van der Waals surface area contributed by atoms with Crippen molar-refractivity contribution < 1.29 is 9.53 Å². The maximum absolute atomic E-state index is 10.6. The molecule has 0 amide bonds. The number of carbonyl (C=O) groups excluding carboxylic acids is 1. The molecule has 2 heteroatoms. The van der Waals surface area contributed by atoms with Gasteiger partial charge in [0, 0.05) is 12.3 Å². The molecule has 12 heavy (non-hydrogen) atoms. The van der Waals surface area contributed by atoms with E-state index in [2.05, 4.69) is 28.4 Å². The molecule has 0 aliphatic carbocycles. The van der Waals surface area contributed by atoms with E-state index >= 15 is 0 Å². The number of esters is 1. The third-order valence-corrected chi connectivity index (χ3v) is 0.966. The molecule has 0 saturated heterocycles. The lowest BCUT2D eigenvalue weighted by molar-refractivity contribution is -0.136. The summed E-state index contributed by atoms with van der Waals surface area (Å²) in [5, 5.41) is 0. The van der Waals surface area contributed by atoms with E-state index in [1.807, 2.05) is 6.92 Å². The highest BCUT2D eigenvalue weighted by Gasteiger charge is 1.89. The SMILES string of the molecule is CCCC#CC#CC(=O)OCC. The van der Waals surface area contributed by atoms with E-state index in [4.69, 9.17) is 0 Å². The Hall–Kier alpha value is -1.41. The van der Waals surface area contributed by atoms with Crippen LogP contribution in [0.5, 0.6) is 0 Å². The Kier molecular flexibility index (Phi) is 6.79. The van der Waals surface area contributed by atoms with Crippen LogP contribution < -0.4 is 0 Å². The summed E-state index contributed by atoms with van der Waals surface area (Å²) in [6, 6.07) is 0. The molecule has 0 aliphatic rings. The van der Waals surface area contributed by atoms with Crippen LogP contribution in [0.3, 0.4) is 0 Å². The second-order valence-corrected chi connectivity index (χ2v) is 2.02. The molecule has 0 aromatic heterocycles. The summed E-state index contributed by atoms with van der Waals surface area (Å²) in [5.41, 5.74) is 0. The molecular formula is C10H12O2. The van der Waals surface area contributed by atoms with Crippen molar-refractivity contribution in [3.63, 3.8) is 0 Å². The van der Waals surface area contributed by atoms with Gasteiger partial charge in [0.1, 0.15) is 0 Å². The summed E-state index contributed by atoms with van der Waals surface area (Å²) in [5.74, 6) is 9.53. The smallest absolute Gasteiger partial charge is 0.385 e. The summed E-state index contributed by atoms with van der Waals surface area (Å²) in [6.07, 6.45) is 1.82. The number of hydrogen-bond acceptors (Lipinski definition) is 2. The molecule has 0 atom stereocenters. The molecule has 0 aromatic carbocycles. The Morgan fingerprint density at radius 1 is 1.33 bits per heavy atom. The van der Waals surface area contributed by atoms with Crippen LogP contribution in [0, 0.1) is 23.7 Å². The first kappa shape index (κ1) is 10.6. The first-order valence-electron chi connectivity index (χ1n) is 3.96. The molecule has 0 aromatic rings. The fraction of sp³-hybridized carbons (Fsp3) is 0.500. The van der Waals surface area contributed by atoms with Gasteiger partial charge in [-0.1, -0.05) is 12.8 Å². The van der Waals surface area contributed by atoms with E-state index in [0.29, 0.717) is 6.61 Å². The van der Waals surface area contributed by atoms with Crippen LogP contribution in [0.15, 0.2) is 0 Å². The Labute approximate surface area is 73.3 Å². The average molecular weight is 164 g/mol. The second-order valence-electron chi connectivity index (χ2n) is 2.02. The monoisotopic (exact) mass is 164 g/mol. The van der Waals surface area contributed by atoms with Crippen molar-refractivity contribution in [2.45, 2.75) is 26.7 Å². The highest BCUT2D eigenvalue weighted by atomic mass is 16.5. The second kappa shape index (κ2) is 7.69. The van der Waals surface area contributed by atoms with E-state index in [-0.39, 0.29) is 0 Å². The largest absolute Gasteiger partial charge is 0.456 e. The van der Waals surface area contributed by atoms with Crippen molar-refractivity contribution >= 4 is 5.97 Å². The van der Waals surface area contributed by atoms with E-state index in [1.54, 1.807) is 6.92 Å². The molecule has 0 bridgehead atoms. The van der Waals surface area contributed by atoms with Crippen molar-refractivity contribution in [3.8, 4) is 23.7 Å². The maximum atomic E-state index is 10.6. The van der Waals surface area contributed by atoms with Crippen LogP contribution >= 0.6 is 0 Å². The minimum atomic E-state index is -0.511. The number of unbranched alkanes of at least 4 members (excludes halogenated alkanes) is 1. The fourth-order valence-corrected chi connectivity index (χ4v) is 0.481. The first-order valence-corrected chi connectivity index (χ1v) is 3.96. The third kappa shape index (κ3) is 6.71. The lowest BCUT2D eigenvalue weighted by Crippen LogP contribution is -1.99.